The van der Waals surface area contributed by atoms with Crippen LogP contribution in [0.4, 0.5) is 0 Å². The number of thiophene rings is 1. The summed E-state index contributed by atoms with van der Waals surface area (Å²) >= 11 is 7.75. The van der Waals surface area contributed by atoms with Crippen molar-refractivity contribution < 1.29 is 4.79 Å². The molecule has 0 fully saturated rings. The lowest BCUT2D eigenvalue weighted by atomic mass is 9.93. The van der Waals surface area contributed by atoms with E-state index in [4.69, 9.17) is 11.6 Å². The standard InChI is InChI=1S/C20H17ClN2OS/c1-23-11-8-16(13-2-4-15(21)5-3-13)19-17(20(23)24)12-18(25-19)14-6-9-22-10-7-14/h2-7,9-10,12,16H,8,11H2,1H3. The molecule has 0 saturated carbocycles. The molecule has 0 saturated heterocycles. The van der Waals surface area contributed by atoms with E-state index in [2.05, 4.69) is 17.1 Å². The molecule has 3 nitrogen and oxygen atoms in total. The Balaban J connectivity index is 1.84. The molecule has 1 aromatic carbocycles. The first-order valence-corrected chi connectivity index (χ1v) is 9.38. The van der Waals surface area contributed by atoms with Crippen LogP contribution in [0.2, 0.25) is 5.02 Å². The van der Waals surface area contributed by atoms with Gasteiger partial charge < -0.3 is 4.90 Å². The molecule has 0 bridgehead atoms. The van der Waals surface area contributed by atoms with E-state index in [1.54, 1.807) is 23.7 Å². The van der Waals surface area contributed by atoms with E-state index in [0.717, 1.165) is 38.9 Å². The van der Waals surface area contributed by atoms with Gasteiger partial charge in [-0.1, -0.05) is 23.7 Å². The number of halogens is 1. The number of fused-ring (bicyclic) bond motifs is 1. The fourth-order valence-corrected chi connectivity index (χ4v) is 4.71. The molecule has 4 rings (SSSR count). The van der Waals surface area contributed by atoms with Crippen LogP contribution in [0.5, 0.6) is 0 Å². The molecule has 1 amide bonds. The summed E-state index contributed by atoms with van der Waals surface area (Å²) in [6, 6.07) is 14.0. The number of rotatable bonds is 2. The second kappa shape index (κ2) is 6.62. The summed E-state index contributed by atoms with van der Waals surface area (Å²) in [6.07, 6.45) is 4.48. The third kappa shape index (κ3) is 3.08. The van der Waals surface area contributed by atoms with Crippen molar-refractivity contribution in [2.45, 2.75) is 12.3 Å². The highest BCUT2D eigenvalue weighted by Gasteiger charge is 2.30. The van der Waals surface area contributed by atoms with Crippen molar-refractivity contribution in [3.63, 3.8) is 0 Å². The number of pyridine rings is 1. The molecule has 0 spiro atoms. The number of nitrogens with zero attached hydrogens (tertiary/aromatic N) is 2. The van der Waals surface area contributed by atoms with E-state index in [-0.39, 0.29) is 11.8 Å². The van der Waals surface area contributed by atoms with E-state index in [1.165, 1.54) is 5.56 Å². The first-order chi connectivity index (χ1) is 12.1. The van der Waals surface area contributed by atoms with E-state index >= 15 is 0 Å². The quantitative estimate of drug-likeness (QED) is 0.632. The number of amides is 1. The lowest BCUT2D eigenvalue weighted by Gasteiger charge is -2.16. The second-order valence-corrected chi connectivity index (χ2v) is 7.76. The Morgan fingerprint density at radius 1 is 1.16 bits per heavy atom. The predicted octanol–water partition coefficient (Wildman–Crippen LogP) is 5.07. The Morgan fingerprint density at radius 2 is 1.88 bits per heavy atom. The molecule has 1 unspecified atom stereocenters. The second-order valence-electron chi connectivity index (χ2n) is 6.24. The molecule has 0 radical (unpaired) electrons. The third-order valence-corrected chi connectivity index (χ3v) is 6.19. The number of carbonyl (C=O) groups is 1. The maximum absolute atomic E-state index is 12.8. The first kappa shape index (κ1) is 16.3. The molecular weight excluding hydrogens is 352 g/mol. The maximum atomic E-state index is 12.8. The molecule has 0 N–H and O–H groups in total. The Labute approximate surface area is 155 Å². The van der Waals surface area contributed by atoms with Crippen molar-refractivity contribution in [2.75, 3.05) is 13.6 Å². The van der Waals surface area contributed by atoms with Crippen LogP contribution in [0.25, 0.3) is 10.4 Å². The van der Waals surface area contributed by atoms with Gasteiger partial charge in [-0.3, -0.25) is 9.78 Å². The minimum absolute atomic E-state index is 0.100. The molecular formula is C20H17ClN2OS. The fourth-order valence-electron chi connectivity index (χ4n) is 3.26. The summed E-state index contributed by atoms with van der Waals surface area (Å²) in [5.41, 5.74) is 3.12. The summed E-state index contributed by atoms with van der Waals surface area (Å²) in [7, 11) is 1.88. The zero-order valence-electron chi connectivity index (χ0n) is 13.8. The lowest BCUT2D eigenvalue weighted by molar-refractivity contribution is 0.0800. The highest BCUT2D eigenvalue weighted by atomic mass is 35.5. The number of carbonyl (C=O) groups excluding carboxylic acids is 1. The molecule has 0 aliphatic carbocycles. The summed E-state index contributed by atoms with van der Waals surface area (Å²) in [5.74, 6) is 0.310. The van der Waals surface area contributed by atoms with Gasteiger partial charge in [0.25, 0.3) is 5.91 Å². The minimum Gasteiger partial charge on any atom is -0.342 e. The lowest BCUT2D eigenvalue weighted by Crippen LogP contribution is -2.26. The number of aromatic nitrogens is 1. The Morgan fingerprint density at radius 3 is 2.60 bits per heavy atom. The van der Waals surface area contributed by atoms with Crippen LogP contribution >= 0.6 is 22.9 Å². The van der Waals surface area contributed by atoms with E-state index < -0.39 is 0 Å². The van der Waals surface area contributed by atoms with E-state index in [9.17, 15) is 4.79 Å². The first-order valence-electron chi connectivity index (χ1n) is 8.18. The molecule has 1 aliphatic heterocycles. The third-order valence-electron chi connectivity index (χ3n) is 4.64. The van der Waals surface area contributed by atoms with Gasteiger partial charge in [-0.25, -0.2) is 0 Å². The zero-order valence-corrected chi connectivity index (χ0v) is 15.3. The maximum Gasteiger partial charge on any atom is 0.254 e. The van der Waals surface area contributed by atoms with E-state index in [0.29, 0.717) is 0 Å². The van der Waals surface area contributed by atoms with Crippen LogP contribution in [0.3, 0.4) is 0 Å². The predicted molar refractivity (Wildman–Crippen MR) is 102 cm³/mol. The van der Waals surface area contributed by atoms with Gasteiger partial charge in [0.05, 0.1) is 5.56 Å². The average Bonchev–Trinajstić information content (AvgIpc) is 3.04. The zero-order chi connectivity index (χ0) is 17.4. The van der Waals surface area contributed by atoms with Crippen molar-refractivity contribution in [3.8, 4) is 10.4 Å². The van der Waals surface area contributed by atoms with Crippen LogP contribution in [-0.2, 0) is 0 Å². The van der Waals surface area contributed by atoms with Gasteiger partial charge in [-0.2, -0.15) is 0 Å². The van der Waals surface area contributed by atoms with Gasteiger partial charge in [-0.05, 0) is 47.9 Å². The Kier molecular flexibility index (Phi) is 4.32. The molecule has 3 heterocycles. The summed E-state index contributed by atoms with van der Waals surface area (Å²) in [6.45, 7) is 0.748. The highest BCUT2D eigenvalue weighted by molar-refractivity contribution is 7.16. The van der Waals surface area contributed by atoms with Crippen molar-refractivity contribution in [3.05, 3.63) is 75.9 Å². The van der Waals surface area contributed by atoms with Crippen LogP contribution in [-0.4, -0.2) is 29.4 Å². The normalized spacial score (nSPS) is 17.3. The summed E-state index contributed by atoms with van der Waals surface area (Å²) < 4.78 is 0. The van der Waals surface area contributed by atoms with Gasteiger partial charge in [0.2, 0.25) is 0 Å². The number of hydrogen-bond acceptors (Lipinski definition) is 3. The molecule has 126 valence electrons. The van der Waals surface area contributed by atoms with Crippen LogP contribution in [0.1, 0.15) is 33.1 Å². The number of hydrogen-bond donors (Lipinski definition) is 0. The van der Waals surface area contributed by atoms with Gasteiger partial charge in [0, 0.05) is 46.7 Å². The van der Waals surface area contributed by atoms with Crippen LogP contribution in [0.15, 0.2) is 54.9 Å². The minimum atomic E-state index is 0.100. The van der Waals surface area contributed by atoms with Crippen LogP contribution in [0, 0.1) is 0 Å². The van der Waals surface area contributed by atoms with Gasteiger partial charge >= 0.3 is 0 Å². The Bertz CT molecular complexity index is 905. The van der Waals surface area contributed by atoms with Gasteiger partial charge in [-0.15, -0.1) is 11.3 Å². The molecule has 1 atom stereocenters. The largest absolute Gasteiger partial charge is 0.342 e. The smallest absolute Gasteiger partial charge is 0.254 e. The molecule has 1 aliphatic rings. The van der Waals surface area contributed by atoms with Crippen molar-refractivity contribution in [1.82, 2.24) is 9.88 Å². The topological polar surface area (TPSA) is 33.2 Å². The SMILES string of the molecule is CN1CCC(c2ccc(Cl)cc2)c2sc(-c3ccncc3)cc2C1=O. The Hall–Kier alpha value is -2.17. The summed E-state index contributed by atoms with van der Waals surface area (Å²) in [4.78, 5) is 21.0. The molecule has 2 aromatic heterocycles. The molecule has 25 heavy (non-hydrogen) atoms. The summed E-state index contributed by atoms with van der Waals surface area (Å²) in [5, 5.41) is 0.731. The fraction of sp³-hybridized carbons (Fsp3) is 0.200. The van der Waals surface area contributed by atoms with Crippen LogP contribution < -0.4 is 0 Å². The molecule has 3 aromatic rings. The van der Waals surface area contributed by atoms with Crippen molar-refractivity contribution >= 4 is 28.8 Å². The number of benzene rings is 1. The molecule has 5 heteroatoms. The van der Waals surface area contributed by atoms with E-state index in [1.807, 2.05) is 42.3 Å². The average molecular weight is 369 g/mol. The van der Waals surface area contributed by atoms with Crippen molar-refractivity contribution in [2.24, 2.45) is 0 Å². The van der Waals surface area contributed by atoms with Gasteiger partial charge in [0.15, 0.2) is 0 Å². The van der Waals surface area contributed by atoms with Gasteiger partial charge in [0.1, 0.15) is 0 Å². The van der Waals surface area contributed by atoms with Crippen molar-refractivity contribution in [1.29, 1.82) is 0 Å². The monoisotopic (exact) mass is 368 g/mol. The highest BCUT2D eigenvalue weighted by Crippen LogP contribution is 2.42.